The highest BCUT2D eigenvalue weighted by molar-refractivity contribution is 5.80. The van der Waals surface area contributed by atoms with E-state index in [4.69, 9.17) is 4.99 Å². The van der Waals surface area contributed by atoms with Gasteiger partial charge in [0.05, 0.1) is 6.04 Å². The van der Waals surface area contributed by atoms with Crippen molar-refractivity contribution in [1.29, 1.82) is 0 Å². The zero-order valence-electron chi connectivity index (χ0n) is 15.4. The van der Waals surface area contributed by atoms with Crippen molar-refractivity contribution in [3.05, 3.63) is 60.2 Å². The monoisotopic (exact) mass is 335 g/mol. The summed E-state index contributed by atoms with van der Waals surface area (Å²) in [5, 5.41) is 3.58. The Bertz CT molecular complexity index is 661. The minimum atomic E-state index is 0.429. The maximum absolute atomic E-state index is 4.94. The quantitative estimate of drug-likeness (QED) is 0.765. The Labute approximate surface area is 151 Å². The standard InChI is InChI=1S/C22H29N3/c1-25(2)21-14-12-18(13-15-21)16-24-22-11-7-6-8-19(22)17-23-20-9-4-3-5-10-20/h3-5,9-10,12-16,19,22-23H,6-8,11,17H2,1-2H3/t19-,22+/m0/s1. The molecule has 0 spiro atoms. The Morgan fingerprint density at radius 1 is 1.00 bits per heavy atom. The van der Waals surface area contributed by atoms with E-state index < -0.39 is 0 Å². The van der Waals surface area contributed by atoms with E-state index in [2.05, 4.69) is 85.1 Å². The summed E-state index contributed by atoms with van der Waals surface area (Å²) in [7, 11) is 4.13. The smallest absolute Gasteiger partial charge is 0.0544 e. The van der Waals surface area contributed by atoms with Crippen LogP contribution in [0.5, 0.6) is 0 Å². The number of rotatable bonds is 6. The average Bonchev–Trinajstić information content (AvgIpc) is 2.66. The molecule has 0 amide bonds. The maximum atomic E-state index is 4.94. The van der Waals surface area contributed by atoms with Gasteiger partial charge in [-0.05, 0) is 48.6 Å². The van der Waals surface area contributed by atoms with Crippen molar-refractivity contribution in [2.45, 2.75) is 31.7 Å². The van der Waals surface area contributed by atoms with Gasteiger partial charge >= 0.3 is 0 Å². The fourth-order valence-electron chi connectivity index (χ4n) is 3.47. The van der Waals surface area contributed by atoms with Crippen molar-refractivity contribution >= 4 is 17.6 Å². The molecular formula is C22H29N3. The van der Waals surface area contributed by atoms with Crippen molar-refractivity contribution in [2.75, 3.05) is 30.9 Å². The van der Waals surface area contributed by atoms with Crippen LogP contribution >= 0.6 is 0 Å². The minimum Gasteiger partial charge on any atom is -0.385 e. The van der Waals surface area contributed by atoms with Crippen LogP contribution < -0.4 is 10.2 Å². The van der Waals surface area contributed by atoms with E-state index >= 15 is 0 Å². The van der Waals surface area contributed by atoms with Gasteiger partial charge in [-0.3, -0.25) is 4.99 Å². The van der Waals surface area contributed by atoms with E-state index in [1.165, 1.54) is 42.6 Å². The number of anilines is 2. The molecule has 0 saturated heterocycles. The number of benzene rings is 2. The first-order valence-corrected chi connectivity index (χ1v) is 9.32. The van der Waals surface area contributed by atoms with Crippen LogP contribution in [0.1, 0.15) is 31.2 Å². The van der Waals surface area contributed by atoms with Crippen LogP contribution in [-0.4, -0.2) is 32.9 Å². The SMILES string of the molecule is CN(C)c1ccc(C=N[C@@H]2CCCC[C@H]2CNc2ccccc2)cc1. The van der Waals surface area contributed by atoms with E-state index in [0.717, 1.165) is 6.54 Å². The zero-order valence-corrected chi connectivity index (χ0v) is 15.4. The molecule has 25 heavy (non-hydrogen) atoms. The lowest BCUT2D eigenvalue weighted by Crippen LogP contribution is -2.29. The van der Waals surface area contributed by atoms with Crippen LogP contribution in [0.25, 0.3) is 0 Å². The molecule has 3 heteroatoms. The summed E-state index contributed by atoms with van der Waals surface area (Å²) >= 11 is 0. The highest BCUT2D eigenvalue weighted by Gasteiger charge is 2.23. The second kappa shape index (κ2) is 8.70. The summed E-state index contributed by atoms with van der Waals surface area (Å²) in [5.74, 6) is 0.617. The predicted molar refractivity (Wildman–Crippen MR) is 109 cm³/mol. The third kappa shape index (κ3) is 5.09. The van der Waals surface area contributed by atoms with Crippen LogP contribution in [0.4, 0.5) is 11.4 Å². The molecule has 2 atom stereocenters. The summed E-state index contributed by atoms with van der Waals surface area (Å²) in [6.07, 6.45) is 7.15. The summed E-state index contributed by atoms with van der Waals surface area (Å²) in [5.41, 5.74) is 3.61. The van der Waals surface area contributed by atoms with E-state index in [1.54, 1.807) is 0 Å². The number of aliphatic imine (C=N–C) groups is 1. The average molecular weight is 335 g/mol. The van der Waals surface area contributed by atoms with Crippen LogP contribution in [0.15, 0.2) is 59.6 Å². The van der Waals surface area contributed by atoms with E-state index in [1.807, 2.05) is 0 Å². The number of nitrogens with one attached hydrogen (secondary N) is 1. The molecule has 132 valence electrons. The van der Waals surface area contributed by atoms with Crippen LogP contribution in [0.3, 0.4) is 0 Å². The Morgan fingerprint density at radius 2 is 1.72 bits per heavy atom. The van der Waals surface area contributed by atoms with E-state index in [9.17, 15) is 0 Å². The normalized spacial score (nSPS) is 20.6. The highest BCUT2D eigenvalue weighted by Crippen LogP contribution is 2.27. The van der Waals surface area contributed by atoms with Crippen molar-refractivity contribution < 1.29 is 0 Å². The van der Waals surface area contributed by atoms with Gasteiger partial charge < -0.3 is 10.2 Å². The molecule has 0 unspecified atom stereocenters. The number of nitrogens with zero attached hydrogens (tertiary/aromatic N) is 2. The first kappa shape index (κ1) is 17.5. The molecule has 2 aromatic rings. The fraction of sp³-hybridized carbons (Fsp3) is 0.409. The molecule has 0 radical (unpaired) electrons. The van der Waals surface area contributed by atoms with Crippen molar-refractivity contribution in [1.82, 2.24) is 0 Å². The second-order valence-electron chi connectivity index (χ2n) is 7.12. The number of hydrogen-bond donors (Lipinski definition) is 1. The van der Waals surface area contributed by atoms with Gasteiger partial charge in [0.25, 0.3) is 0 Å². The Hall–Kier alpha value is -2.29. The van der Waals surface area contributed by atoms with Gasteiger partial charge in [-0.25, -0.2) is 0 Å². The van der Waals surface area contributed by atoms with Crippen LogP contribution in [-0.2, 0) is 0 Å². The third-order valence-electron chi connectivity index (χ3n) is 5.04. The fourth-order valence-corrected chi connectivity index (χ4v) is 3.47. The highest BCUT2D eigenvalue weighted by atomic mass is 15.1. The van der Waals surface area contributed by atoms with Crippen molar-refractivity contribution in [3.63, 3.8) is 0 Å². The second-order valence-corrected chi connectivity index (χ2v) is 7.12. The summed E-state index contributed by atoms with van der Waals surface area (Å²) in [4.78, 5) is 7.06. The summed E-state index contributed by atoms with van der Waals surface area (Å²) < 4.78 is 0. The minimum absolute atomic E-state index is 0.429. The molecule has 0 heterocycles. The molecular weight excluding hydrogens is 306 g/mol. The molecule has 0 aliphatic heterocycles. The Kier molecular flexibility index (Phi) is 6.10. The number of para-hydroxylation sites is 1. The van der Waals surface area contributed by atoms with Gasteiger partial charge in [0.1, 0.15) is 0 Å². The first-order chi connectivity index (χ1) is 12.2. The Balaban J connectivity index is 1.60. The predicted octanol–water partition coefficient (Wildman–Crippen LogP) is 4.84. The molecule has 2 aromatic carbocycles. The lowest BCUT2D eigenvalue weighted by atomic mass is 9.84. The molecule has 3 nitrogen and oxygen atoms in total. The zero-order chi connectivity index (χ0) is 17.5. The number of hydrogen-bond acceptors (Lipinski definition) is 3. The van der Waals surface area contributed by atoms with Gasteiger partial charge in [-0.15, -0.1) is 0 Å². The first-order valence-electron chi connectivity index (χ1n) is 9.32. The third-order valence-corrected chi connectivity index (χ3v) is 5.04. The molecule has 3 rings (SSSR count). The van der Waals surface area contributed by atoms with Gasteiger partial charge in [-0.2, -0.15) is 0 Å². The molecule has 1 saturated carbocycles. The molecule has 0 bridgehead atoms. The molecule has 1 aliphatic carbocycles. The lowest BCUT2D eigenvalue weighted by molar-refractivity contribution is 0.324. The molecule has 1 N–H and O–H groups in total. The van der Waals surface area contributed by atoms with Crippen molar-refractivity contribution in [2.24, 2.45) is 10.9 Å². The molecule has 0 aromatic heterocycles. The Morgan fingerprint density at radius 3 is 2.44 bits per heavy atom. The molecule has 1 aliphatic rings. The van der Waals surface area contributed by atoms with E-state index in [0.29, 0.717) is 12.0 Å². The van der Waals surface area contributed by atoms with Gasteiger partial charge in [0.15, 0.2) is 0 Å². The van der Waals surface area contributed by atoms with E-state index in [-0.39, 0.29) is 0 Å². The topological polar surface area (TPSA) is 27.6 Å². The summed E-state index contributed by atoms with van der Waals surface area (Å²) in [6, 6.07) is 19.5. The lowest BCUT2D eigenvalue weighted by Gasteiger charge is -2.29. The van der Waals surface area contributed by atoms with Crippen LogP contribution in [0, 0.1) is 5.92 Å². The van der Waals surface area contributed by atoms with Gasteiger partial charge in [-0.1, -0.05) is 43.2 Å². The molecule has 1 fully saturated rings. The largest absolute Gasteiger partial charge is 0.385 e. The maximum Gasteiger partial charge on any atom is 0.0544 e. The summed E-state index contributed by atoms with van der Waals surface area (Å²) in [6.45, 7) is 1.01. The van der Waals surface area contributed by atoms with Gasteiger partial charge in [0, 0.05) is 38.2 Å². The van der Waals surface area contributed by atoms with Crippen LogP contribution in [0.2, 0.25) is 0 Å². The van der Waals surface area contributed by atoms with Crippen molar-refractivity contribution in [3.8, 4) is 0 Å². The van der Waals surface area contributed by atoms with Gasteiger partial charge in [0.2, 0.25) is 0 Å².